The van der Waals surface area contributed by atoms with Gasteiger partial charge in [0.15, 0.2) is 5.69 Å². The van der Waals surface area contributed by atoms with Gasteiger partial charge in [0, 0.05) is 18.7 Å². The van der Waals surface area contributed by atoms with Gasteiger partial charge in [-0.3, -0.25) is 4.79 Å². The molecule has 0 aromatic carbocycles. The van der Waals surface area contributed by atoms with Crippen molar-refractivity contribution in [3.8, 4) is 0 Å². The van der Waals surface area contributed by atoms with Crippen molar-refractivity contribution in [2.24, 2.45) is 0 Å². The number of carbonyl (C=O) groups is 1. The second-order valence-electron chi connectivity index (χ2n) is 4.05. The van der Waals surface area contributed by atoms with Crippen molar-refractivity contribution < 1.29 is 9.32 Å². The van der Waals surface area contributed by atoms with Gasteiger partial charge in [-0.25, -0.2) is 0 Å². The van der Waals surface area contributed by atoms with Crippen molar-refractivity contribution in [2.75, 3.05) is 13.1 Å². The number of likely N-dealkylation sites (tertiary alicyclic amines) is 1. The van der Waals surface area contributed by atoms with Crippen LogP contribution in [0.2, 0.25) is 0 Å². The lowest BCUT2D eigenvalue weighted by Gasteiger charge is -2.18. The Bertz CT molecular complexity index is 338. The molecular formula is C11H16N2O2. The van der Waals surface area contributed by atoms with Crippen LogP contribution in [0.5, 0.6) is 0 Å². The van der Waals surface area contributed by atoms with Crippen molar-refractivity contribution in [3.63, 3.8) is 0 Å². The maximum atomic E-state index is 12.0. The number of carbonyl (C=O) groups excluding carboxylic acids is 1. The van der Waals surface area contributed by atoms with E-state index in [9.17, 15) is 4.79 Å². The van der Waals surface area contributed by atoms with Crippen LogP contribution in [0.15, 0.2) is 10.8 Å². The van der Waals surface area contributed by atoms with Crippen LogP contribution in [-0.2, 0) is 0 Å². The Kier molecular flexibility index (Phi) is 3.04. The van der Waals surface area contributed by atoms with Crippen LogP contribution in [0.3, 0.4) is 0 Å². The van der Waals surface area contributed by atoms with E-state index in [0.29, 0.717) is 5.69 Å². The molecule has 0 spiro atoms. The first kappa shape index (κ1) is 10.2. The number of aromatic nitrogens is 1. The number of hydrogen-bond acceptors (Lipinski definition) is 3. The molecule has 0 N–H and O–H groups in total. The Hall–Kier alpha value is -1.32. The second kappa shape index (κ2) is 4.47. The van der Waals surface area contributed by atoms with Crippen molar-refractivity contribution in [2.45, 2.75) is 32.6 Å². The quantitative estimate of drug-likeness (QED) is 0.709. The van der Waals surface area contributed by atoms with E-state index in [1.165, 1.54) is 19.1 Å². The molecule has 2 heterocycles. The van der Waals surface area contributed by atoms with E-state index in [1.807, 2.05) is 11.8 Å². The van der Waals surface area contributed by atoms with Crippen LogP contribution in [0.25, 0.3) is 0 Å². The maximum absolute atomic E-state index is 12.0. The van der Waals surface area contributed by atoms with Gasteiger partial charge >= 0.3 is 0 Å². The number of nitrogens with zero attached hydrogens (tertiary/aromatic N) is 2. The molecule has 2 rings (SSSR count). The normalized spacial score (nSPS) is 17.5. The molecule has 0 radical (unpaired) electrons. The number of amides is 1. The SMILES string of the molecule is Cc1conc1C(=O)N1CCCCCC1. The third-order valence-corrected chi connectivity index (χ3v) is 2.84. The van der Waals surface area contributed by atoms with E-state index >= 15 is 0 Å². The predicted molar refractivity (Wildman–Crippen MR) is 55.6 cm³/mol. The van der Waals surface area contributed by atoms with Crippen LogP contribution in [0.1, 0.15) is 41.7 Å². The summed E-state index contributed by atoms with van der Waals surface area (Å²) in [5.41, 5.74) is 1.29. The first-order valence-corrected chi connectivity index (χ1v) is 5.49. The van der Waals surface area contributed by atoms with E-state index in [-0.39, 0.29) is 5.91 Å². The zero-order valence-corrected chi connectivity index (χ0v) is 9.03. The van der Waals surface area contributed by atoms with Crippen LogP contribution in [0, 0.1) is 6.92 Å². The van der Waals surface area contributed by atoms with Crippen LogP contribution in [0.4, 0.5) is 0 Å². The lowest BCUT2D eigenvalue weighted by molar-refractivity contribution is 0.0750. The van der Waals surface area contributed by atoms with E-state index in [1.54, 1.807) is 0 Å². The van der Waals surface area contributed by atoms with Crippen LogP contribution >= 0.6 is 0 Å². The van der Waals surface area contributed by atoms with Gasteiger partial charge in [-0.05, 0) is 19.8 Å². The van der Waals surface area contributed by atoms with Crippen molar-refractivity contribution in [1.29, 1.82) is 0 Å². The summed E-state index contributed by atoms with van der Waals surface area (Å²) in [6.07, 6.45) is 6.17. The highest BCUT2D eigenvalue weighted by atomic mass is 16.5. The Morgan fingerprint density at radius 1 is 1.33 bits per heavy atom. The fourth-order valence-electron chi connectivity index (χ4n) is 1.92. The zero-order valence-electron chi connectivity index (χ0n) is 9.03. The molecule has 0 atom stereocenters. The molecular weight excluding hydrogens is 192 g/mol. The minimum Gasteiger partial charge on any atom is -0.364 e. The number of aryl methyl sites for hydroxylation is 1. The second-order valence-corrected chi connectivity index (χ2v) is 4.05. The molecule has 0 unspecified atom stereocenters. The minimum absolute atomic E-state index is 0.0168. The third-order valence-electron chi connectivity index (χ3n) is 2.84. The maximum Gasteiger partial charge on any atom is 0.276 e. The molecule has 4 nitrogen and oxygen atoms in total. The van der Waals surface area contributed by atoms with E-state index in [4.69, 9.17) is 4.52 Å². The molecule has 1 fully saturated rings. The lowest BCUT2D eigenvalue weighted by atomic mass is 10.2. The van der Waals surface area contributed by atoms with Gasteiger partial charge in [-0.1, -0.05) is 18.0 Å². The number of hydrogen-bond donors (Lipinski definition) is 0. The zero-order chi connectivity index (χ0) is 10.7. The molecule has 1 amide bonds. The summed E-state index contributed by atoms with van der Waals surface area (Å²) >= 11 is 0. The first-order valence-electron chi connectivity index (χ1n) is 5.49. The summed E-state index contributed by atoms with van der Waals surface area (Å²) in [5.74, 6) is 0.0168. The number of rotatable bonds is 1. The summed E-state index contributed by atoms with van der Waals surface area (Å²) in [7, 11) is 0. The lowest BCUT2D eigenvalue weighted by Crippen LogP contribution is -2.32. The minimum atomic E-state index is 0.0168. The molecule has 1 saturated heterocycles. The molecule has 1 aromatic heterocycles. The smallest absolute Gasteiger partial charge is 0.276 e. The van der Waals surface area contributed by atoms with E-state index in [2.05, 4.69) is 5.16 Å². The average Bonchev–Trinajstić information content (AvgIpc) is 2.53. The predicted octanol–water partition coefficient (Wildman–Crippen LogP) is 2.00. The Labute approximate surface area is 89.2 Å². The van der Waals surface area contributed by atoms with Gasteiger partial charge in [0.25, 0.3) is 5.91 Å². The highest BCUT2D eigenvalue weighted by Crippen LogP contribution is 2.14. The Morgan fingerprint density at radius 3 is 2.53 bits per heavy atom. The summed E-state index contributed by atoms with van der Waals surface area (Å²) in [6.45, 7) is 3.55. The molecule has 82 valence electrons. The topological polar surface area (TPSA) is 46.3 Å². The van der Waals surface area contributed by atoms with Gasteiger partial charge in [0.1, 0.15) is 6.26 Å². The fraction of sp³-hybridized carbons (Fsp3) is 0.636. The molecule has 4 heteroatoms. The highest BCUT2D eigenvalue weighted by molar-refractivity contribution is 5.93. The molecule has 0 bridgehead atoms. The monoisotopic (exact) mass is 208 g/mol. The van der Waals surface area contributed by atoms with Gasteiger partial charge < -0.3 is 9.42 Å². The molecule has 0 aliphatic carbocycles. The first-order chi connectivity index (χ1) is 7.29. The summed E-state index contributed by atoms with van der Waals surface area (Å²) < 4.78 is 4.79. The summed E-state index contributed by atoms with van der Waals surface area (Å²) in [5, 5.41) is 3.76. The van der Waals surface area contributed by atoms with Gasteiger partial charge in [0.2, 0.25) is 0 Å². The van der Waals surface area contributed by atoms with Gasteiger partial charge in [-0.15, -0.1) is 0 Å². The molecule has 1 aliphatic rings. The van der Waals surface area contributed by atoms with Crippen LogP contribution < -0.4 is 0 Å². The summed E-state index contributed by atoms with van der Waals surface area (Å²) in [6, 6.07) is 0. The third kappa shape index (κ3) is 2.19. The summed E-state index contributed by atoms with van der Waals surface area (Å²) in [4.78, 5) is 13.9. The average molecular weight is 208 g/mol. The molecule has 1 aromatic rings. The fourth-order valence-corrected chi connectivity index (χ4v) is 1.92. The van der Waals surface area contributed by atoms with Crippen molar-refractivity contribution >= 4 is 5.91 Å². The Morgan fingerprint density at radius 2 is 2.00 bits per heavy atom. The van der Waals surface area contributed by atoms with Crippen LogP contribution in [-0.4, -0.2) is 29.1 Å². The highest BCUT2D eigenvalue weighted by Gasteiger charge is 2.21. The Balaban J connectivity index is 2.09. The van der Waals surface area contributed by atoms with E-state index < -0.39 is 0 Å². The van der Waals surface area contributed by atoms with Gasteiger partial charge in [-0.2, -0.15) is 0 Å². The van der Waals surface area contributed by atoms with Crippen molar-refractivity contribution in [3.05, 3.63) is 17.5 Å². The standard InChI is InChI=1S/C11H16N2O2/c1-9-8-15-12-10(9)11(14)13-6-4-2-3-5-7-13/h8H,2-7H2,1H3. The molecule has 15 heavy (non-hydrogen) atoms. The largest absolute Gasteiger partial charge is 0.364 e. The molecule has 1 aliphatic heterocycles. The van der Waals surface area contributed by atoms with Crippen molar-refractivity contribution in [1.82, 2.24) is 10.1 Å². The van der Waals surface area contributed by atoms with E-state index in [0.717, 1.165) is 31.5 Å². The molecule has 0 saturated carbocycles. The van der Waals surface area contributed by atoms with Gasteiger partial charge in [0.05, 0.1) is 0 Å².